The van der Waals surface area contributed by atoms with Crippen molar-refractivity contribution in [2.75, 3.05) is 0 Å². The minimum Gasteiger partial charge on any atom is -0.309 e. The lowest BCUT2D eigenvalue weighted by Crippen LogP contribution is -1.98. The topological polar surface area (TPSA) is 69.3 Å². The molecule has 0 fully saturated rings. The summed E-state index contributed by atoms with van der Waals surface area (Å²) in [7, 11) is 0. The van der Waals surface area contributed by atoms with Crippen molar-refractivity contribution in [1.82, 2.24) is 28.2 Å². The number of benzene rings is 14. The van der Waals surface area contributed by atoms with Gasteiger partial charge in [0, 0.05) is 82.5 Å². The Morgan fingerprint density at radius 3 is 1.01 bits per heavy atom. The average molecular weight is 1200 g/mol. The number of hydrogen-bond donors (Lipinski definition) is 0. The minimum atomic E-state index is 0.579. The molecule has 5 heterocycles. The predicted octanol–water partition coefficient (Wildman–Crippen LogP) is 22.2. The summed E-state index contributed by atoms with van der Waals surface area (Å²) in [6.07, 6.45) is 0. The van der Waals surface area contributed by atoms with Gasteiger partial charge in [0.05, 0.1) is 67.2 Å². The Labute approximate surface area is 540 Å². The lowest BCUT2D eigenvalue weighted by Gasteiger charge is -2.13. The zero-order chi connectivity index (χ0) is 62.0. The summed E-state index contributed by atoms with van der Waals surface area (Å²) in [5.74, 6) is 0.579. The molecule has 0 atom stereocenters. The molecule has 0 bridgehead atoms. The second-order valence-electron chi connectivity index (χ2n) is 24.5. The third kappa shape index (κ3) is 8.44. The van der Waals surface area contributed by atoms with Gasteiger partial charge in [-0.1, -0.05) is 164 Å². The molecule has 0 aliphatic carbocycles. The van der Waals surface area contributed by atoms with Crippen LogP contribution in [0, 0.1) is 11.3 Å². The molecule has 19 rings (SSSR count). The van der Waals surface area contributed by atoms with E-state index in [-0.39, 0.29) is 0 Å². The third-order valence-corrected chi connectivity index (χ3v) is 19.2. The van der Waals surface area contributed by atoms with Gasteiger partial charge in [0.2, 0.25) is 0 Å². The quantitative estimate of drug-likeness (QED) is 0.145. The molecule has 0 aliphatic rings. The second kappa shape index (κ2) is 21.1. The van der Waals surface area contributed by atoms with Crippen LogP contribution in [0.1, 0.15) is 5.56 Å². The first-order valence-corrected chi connectivity index (χ1v) is 31.8. The van der Waals surface area contributed by atoms with E-state index in [1.54, 1.807) is 0 Å². The van der Waals surface area contributed by atoms with E-state index in [9.17, 15) is 5.26 Å². The van der Waals surface area contributed by atoms with Crippen molar-refractivity contribution in [3.63, 3.8) is 0 Å². The maximum atomic E-state index is 9.78. The highest BCUT2D eigenvalue weighted by Gasteiger charge is 2.21. The van der Waals surface area contributed by atoms with Crippen LogP contribution in [0.15, 0.2) is 322 Å². The normalized spacial score (nSPS) is 11.8. The van der Waals surface area contributed by atoms with Crippen molar-refractivity contribution in [3.8, 4) is 85.0 Å². The number of rotatable bonds is 9. The van der Waals surface area contributed by atoms with Crippen molar-refractivity contribution >= 4 is 98.0 Å². The van der Waals surface area contributed by atoms with Crippen LogP contribution in [-0.2, 0) is 0 Å². The average Bonchev–Trinajstić information content (AvgIpc) is 1.60. The van der Waals surface area contributed by atoms with E-state index in [0.29, 0.717) is 11.4 Å². The Bertz CT molecular complexity index is 6360. The Kier molecular flexibility index (Phi) is 11.9. The fourth-order valence-corrected chi connectivity index (χ4v) is 14.8. The van der Waals surface area contributed by atoms with Gasteiger partial charge in [0.1, 0.15) is 0 Å². The fraction of sp³-hybridized carbons (Fsp3) is 0. The Morgan fingerprint density at radius 2 is 0.564 bits per heavy atom. The van der Waals surface area contributed by atoms with Crippen LogP contribution in [0.4, 0.5) is 0 Å². The molecule has 19 aromatic rings. The molecule has 7 nitrogen and oxygen atoms in total. The van der Waals surface area contributed by atoms with Crippen LogP contribution >= 0.6 is 0 Å². The molecule has 5 aromatic heterocycles. The number of aromatic nitrogens is 6. The largest absolute Gasteiger partial charge is 0.309 e. The van der Waals surface area contributed by atoms with E-state index in [2.05, 4.69) is 322 Å². The van der Waals surface area contributed by atoms with Crippen LogP contribution in [0.25, 0.3) is 177 Å². The molecule has 0 aliphatic heterocycles. The van der Waals surface area contributed by atoms with E-state index in [1.807, 2.05) is 24.3 Å². The van der Waals surface area contributed by atoms with Crippen molar-refractivity contribution < 1.29 is 0 Å². The van der Waals surface area contributed by atoms with E-state index in [4.69, 9.17) is 9.97 Å². The van der Waals surface area contributed by atoms with Crippen molar-refractivity contribution in [3.05, 3.63) is 327 Å². The summed E-state index contributed by atoms with van der Waals surface area (Å²) in [5, 5.41) is 21.7. The van der Waals surface area contributed by atoms with Crippen LogP contribution in [0.2, 0.25) is 0 Å². The van der Waals surface area contributed by atoms with E-state index < -0.39 is 0 Å². The smallest absolute Gasteiger partial charge is 0.160 e. The molecule has 0 spiro atoms. The second-order valence-corrected chi connectivity index (χ2v) is 24.5. The summed E-state index contributed by atoms with van der Waals surface area (Å²) >= 11 is 0. The number of nitriles is 1. The minimum absolute atomic E-state index is 0.579. The molecule has 7 heteroatoms. The zero-order valence-corrected chi connectivity index (χ0v) is 50.7. The highest BCUT2D eigenvalue weighted by atomic mass is 15.0. The molecule has 0 radical (unpaired) electrons. The molecule has 0 N–H and O–H groups in total. The molecule has 94 heavy (non-hydrogen) atoms. The lowest BCUT2D eigenvalue weighted by atomic mass is 10.0. The molecule has 14 aromatic carbocycles. The molecule has 0 unspecified atom stereocenters. The van der Waals surface area contributed by atoms with Crippen LogP contribution in [-0.4, -0.2) is 28.2 Å². The molecule has 0 saturated carbocycles. The van der Waals surface area contributed by atoms with Gasteiger partial charge in [-0.05, 0) is 191 Å². The van der Waals surface area contributed by atoms with Gasteiger partial charge < -0.3 is 18.3 Å². The van der Waals surface area contributed by atoms with Gasteiger partial charge in [0.15, 0.2) is 5.82 Å². The zero-order valence-electron chi connectivity index (χ0n) is 50.7. The first-order chi connectivity index (χ1) is 46.5. The third-order valence-electron chi connectivity index (χ3n) is 19.2. The van der Waals surface area contributed by atoms with Crippen LogP contribution in [0.3, 0.4) is 0 Å². The van der Waals surface area contributed by atoms with Gasteiger partial charge in [-0.2, -0.15) is 5.26 Å². The van der Waals surface area contributed by atoms with E-state index >= 15 is 0 Å². The summed E-state index contributed by atoms with van der Waals surface area (Å²) in [5.41, 5.74) is 23.3. The van der Waals surface area contributed by atoms with Gasteiger partial charge in [-0.15, -0.1) is 0 Å². The number of fused-ring (bicyclic) bond motifs is 13. The Balaban J connectivity index is 0.680. The van der Waals surface area contributed by atoms with Gasteiger partial charge in [-0.3, -0.25) is 0 Å². The highest BCUT2D eigenvalue weighted by molar-refractivity contribution is 6.15. The first-order valence-electron chi connectivity index (χ1n) is 31.8. The summed E-state index contributed by atoms with van der Waals surface area (Å²) in [4.78, 5) is 10.6. The molecule has 0 amide bonds. The fourth-order valence-electron chi connectivity index (χ4n) is 14.8. The number of para-hydroxylation sites is 6. The SMILES string of the molecule is N#Cc1ccc(-c2nc(-c3cccc(-n4c5ccccc5c5cc(-c6ccc7c(c6)c6ccccc6n7-c6ccccc6)ccc54)c3)cc(-c3ccc4cc(-n5c6ccccc6c6cc(-c7ccc8c(c7)c7ccccc7n8-c7ccccc7)ccc65)ccc4c3)n2)cc1. The van der Waals surface area contributed by atoms with Gasteiger partial charge in [-0.25, -0.2) is 9.97 Å². The van der Waals surface area contributed by atoms with Crippen molar-refractivity contribution in [2.45, 2.75) is 0 Å². The van der Waals surface area contributed by atoms with Crippen molar-refractivity contribution in [1.29, 1.82) is 5.26 Å². The summed E-state index contributed by atoms with van der Waals surface area (Å²) in [6, 6.07) is 118. The van der Waals surface area contributed by atoms with Crippen molar-refractivity contribution in [2.24, 2.45) is 0 Å². The molecular weight excluding hydrogens is 1140 g/mol. The van der Waals surface area contributed by atoms with E-state index in [1.165, 1.54) is 81.8 Å². The predicted molar refractivity (Wildman–Crippen MR) is 389 cm³/mol. The lowest BCUT2D eigenvalue weighted by molar-refractivity contribution is 1.16. The molecule has 0 saturated heterocycles. The summed E-state index contributed by atoms with van der Waals surface area (Å²) in [6.45, 7) is 0. The number of nitrogens with zero attached hydrogens (tertiary/aromatic N) is 7. The summed E-state index contributed by atoms with van der Waals surface area (Å²) < 4.78 is 9.51. The Morgan fingerprint density at radius 1 is 0.223 bits per heavy atom. The maximum absolute atomic E-state index is 9.78. The maximum Gasteiger partial charge on any atom is 0.160 e. The highest BCUT2D eigenvalue weighted by Crippen LogP contribution is 2.42. The first kappa shape index (κ1) is 53.0. The number of hydrogen-bond acceptors (Lipinski definition) is 3. The molecular formula is C87H53N7. The standard InChI is InChI=1S/C87H53N7/c88-54-55-30-32-56(33-31-55)87-89-77(63-16-15-21-67(48-63)93-81-28-13-9-24-71(81)75-51-61(39-44-85(75)93)59-37-42-83-73(49-59)69-22-7-11-26-79(69)91(83)65-17-3-1-4-18-65)53-78(90-87)64-35-34-58-47-68(41-36-57(58)46-64)94-82-29-14-10-25-72(82)76-52-62(40-45-86(76)94)60-38-43-84-74(50-60)70-23-8-12-27-80(70)92(84)66-19-5-2-6-20-66/h1-53H. The van der Waals surface area contributed by atoms with Gasteiger partial charge >= 0.3 is 0 Å². The van der Waals surface area contributed by atoms with Gasteiger partial charge in [0.25, 0.3) is 0 Å². The molecule has 436 valence electrons. The van der Waals surface area contributed by atoms with E-state index in [0.717, 1.165) is 89.2 Å². The van der Waals surface area contributed by atoms with Crippen LogP contribution in [0.5, 0.6) is 0 Å². The van der Waals surface area contributed by atoms with Crippen LogP contribution < -0.4 is 0 Å². The monoisotopic (exact) mass is 1200 g/mol. The Hall–Kier alpha value is -12.9.